The zero-order chi connectivity index (χ0) is 24.0. The SMILES string of the molecule is CCc1ccc2nc(N3C(=O)C(=O)C(=C(O)c4ccc(F)cc4)C3c3ccc(O)cc3)sc2c1. The summed E-state index contributed by atoms with van der Waals surface area (Å²) < 4.78 is 14.3. The lowest BCUT2D eigenvalue weighted by molar-refractivity contribution is -0.132. The van der Waals surface area contributed by atoms with E-state index in [-0.39, 0.29) is 16.9 Å². The van der Waals surface area contributed by atoms with Gasteiger partial charge in [0.15, 0.2) is 5.13 Å². The second-order valence-corrected chi connectivity index (χ2v) is 8.93. The topological polar surface area (TPSA) is 90.7 Å². The number of aliphatic hydroxyl groups is 1. The summed E-state index contributed by atoms with van der Waals surface area (Å²) in [5, 5.41) is 21.1. The fraction of sp³-hybridized carbons (Fsp3) is 0.115. The quantitative estimate of drug-likeness (QED) is 0.237. The molecule has 0 aliphatic carbocycles. The van der Waals surface area contributed by atoms with Crippen LogP contribution in [0.2, 0.25) is 0 Å². The molecule has 170 valence electrons. The summed E-state index contributed by atoms with van der Waals surface area (Å²) in [6.07, 6.45) is 0.846. The molecule has 0 spiro atoms. The van der Waals surface area contributed by atoms with E-state index in [1.807, 2.05) is 25.1 Å². The first-order valence-electron chi connectivity index (χ1n) is 10.6. The molecule has 1 aliphatic heterocycles. The third kappa shape index (κ3) is 3.62. The first kappa shape index (κ1) is 21.8. The number of phenols is 1. The van der Waals surface area contributed by atoms with Crippen molar-refractivity contribution >= 4 is 44.1 Å². The largest absolute Gasteiger partial charge is 0.508 e. The Kier molecular flexibility index (Phi) is 5.37. The van der Waals surface area contributed by atoms with Crippen molar-refractivity contribution in [2.45, 2.75) is 19.4 Å². The number of ketones is 1. The zero-order valence-corrected chi connectivity index (χ0v) is 18.8. The summed E-state index contributed by atoms with van der Waals surface area (Å²) in [6.45, 7) is 2.04. The summed E-state index contributed by atoms with van der Waals surface area (Å²) in [4.78, 5) is 32.3. The van der Waals surface area contributed by atoms with E-state index >= 15 is 0 Å². The highest BCUT2D eigenvalue weighted by molar-refractivity contribution is 7.22. The Balaban J connectivity index is 1.71. The van der Waals surface area contributed by atoms with Crippen molar-refractivity contribution in [1.82, 2.24) is 4.98 Å². The third-order valence-corrected chi connectivity index (χ3v) is 6.84. The zero-order valence-electron chi connectivity index (χ0n) is 18.0. The molecule has 1 saturated heterocycles. The lowest BCUT2D eigenvalue weighted by Gasteiger charge is -2.23. The van der Waals surface area contributed by atoms with Crippen LogP contribution in [0, 0.1) is 5.82 Å². The number of aliphatic hydroxyl groups excluding tert-OH is 1. The molecule has 1 unspecified atom stereocenters. The summed E-state index contributed by atoms with van der Waals surface area (Å²) in [5.41, 5.74) is 2.41. The second kappa shape index (κ2) is 8.39. The molecule has 1 fully saturated rings. The van der Waals surface area contributed by atoms with Crippen molar-refractivity contribution in [1.29, 1.82) is 0 Å². The van der Waals surface area contributed by atoms with Crippen LogP contribution in [-0.4, -0.2) is 26.9 Å². The lowest BCUT2D eigenvalue weighted by Crippen LogP contribution is -2.29. The van der Waals surface area contributed by atoms with Crippen molar-refractivity contribution < 1.29 is 24.2 Å². The summed E-state index contributed by atoms with van der Waals surface area (Å²) in [7, 11) is 0. The Hall–Kier alpha value is -4.04. The molecule has 2 heterocycles. The number of benzene rings is 3. The maximum absolute atomic E-state index is 13.4. The summed E-state index contributed by atoms with van der Waals surface area (Å²) in [5.74, 6) is -2.57. The Bertz CT molecular complexity index is 1460. The molecule has 0 saturated carbocycles. The number of aromatic nitrogens is 1. The van der Waals surface area contributed by atoms with Crippen molar-refractivity contribution in [2.24, 2.45) is 0 Å². The summed E-state index contributed by atoms with van der Waals surface area (Å²) in [6, 6.07) is 15.9. The standard InChI is InChI=1S/C26H19FN2O4S/c1-2-14-3-12-19-20(13-14)34-26(28-19)29-22(15-6-10-18(30)11-7-15)21(24(32)25(29)33)23(31)16-4-8-17(27)9-5-16/h3-13,22,30-31H,2H2,1H3. The van der Waals surface area contributed by atoms with E-state index in [1.165, 1.54) is 52.6 Å². The number of carbonyl (C=O) groups is 2. The lowest BCUT2D eigenvalue weighted by atomic mass is 9.95. The van der Waals surface area contributed by atoms with Gasteiger partial charge in [0.25, 0.3) is 5.78 Å². The Morgan fingerprint density at radius 1 is 1.06 bits per heavy atom. The van der Waals surface area contributed by atoms with Crippen molar-refractivity contribution in [3.63, 3.8) is 0 Å². The first-order chi connectivity index (χ1) is 16.4. The molecule has 1 atom stereocenters. The van der Waals surface area contributed by atoms with Crippen molar-refractivity contribution in [2.75, 3.05) is 4.90 Å². The second-order valence-electron chi connectivity index (χ2n) is 7.92. The molecule has 3 aromatic carbocycles. The fourth-order valence-electron chi connectivity index (χ4n) is 4.04. The smallest absolute Gasteiger partial charge is 0.301 e. The van der Waals surface area contributed by atoms with E-state index in [0.29, 0.717) is 16.2 Å². The highest BCUT2D eigenvalue weighted by Crippen LogP contribution is 2.44. The molecule has 1 aliphatic rings. The minimum Gasteiger partial charge on any atom is -0.508 e. The monoisotopic (exact) mass is 474 g/mol. The third-order valence-electron chi connectivity index (χ3n) is 5.83. The molecule has 0 radical (unpaired) electrons. The average Bonchev–Trinajstić information content (AvgIpc) is 3.37. The number of nitrogens with zero attached hydrogens (tertiary/aromatic N) is 2. The van der Waals surface area contributed by atoms with Crippen LogP contribution in [0.4, 0.5) is 9.52 Å². The molecular weight excluding hydrogens is 455 g/mol. The van der Waals surface area contributed by atoms with Gasteiger partial charge >= 0.3 is 5.91 Å². The number of Topliss-reactive ketones (excluding diaryl/α,β-unsaturated/α-hetero) is 1. The average molecular weight is 475 g/mol. The molecule has 0 bridgehead atoms. The molecule has 5 rings (SSSR count). The number of anilines is 1. The van der Waals surface area contributed by atoms with E-state index < -0.39 is 29.3 Å². The highest BCUT2D eigenvalue weighted by Gasteiger charge is 2.48. The van der Waals surface area contributed by atoms with Gasteiger partial charge in [-0.25, -0.2) is 9.37 Å². The number of carbonyl (C=O) groups excluding carboxylic acids is 2. The normalized spacial score (nSPS) is 17.6. The van der Waals surface area contributed by atoms with E-state index in [9.17, 15) is 24.2 Å². The van der Waals surface area contributed by atoms with Crippen molar-refractivity contribution in [3.8, 4) is 5.75 Å². The van der Waals surface area contributed by atoms with Gasteiger partial charge in [0.2, 0.25) is 0 Å². The predicted octanol–water partition coefficient (Wildman–Crippen LogP) is 5.33. The number of fused-ring (bicyclic) bond motifs is 1. The van der Waals surface area contributed by atoms with Crippen LogP contribution >= 0.6 is 11.3 Å². The molecule has 1 aromatic heterocycles. The van der Waals surface area contributed by atoms with Gasteiger partial charge in [-0.1, -0.05) is 36.5 Å². The van der Waals surface area contributed by atoms with E-state index in [4.69, 9.17) is 0 Å². The first-order valence-corrected chi connectivity index (χ1v) is 11.4. The Labute approximate surface area is 198 Å². The molecular formula is C26H19FN2O4S. The van der Waals surface area contributed by atoms with E-state index in [1.54, 1.807) is 12.1 Å². The van der Waals surface area contributed by atoms with Crippen LogP contribution < -0.4 is 4.90 Å². The molecule has 4 aromatic rings. The van der Waals surface area contributed by atoms with E-state index in [2.05, 4.69) is 4.98 Å². The Morgan fingerprint density at radius 3 is 2.44 bits per heavy atom. The van der Waals surface area contributed by atoms with Gasteiger partial charge in [-0.3, -0.25) is 14.5 Å². The van der Waals surface area contributed by atoms with Crippen LogP contribution in [0.3, 0.4) is 0 Å². The number of hydrogen-bond donors (Lipinski definition) is 2. The van der Waals surface area contributed by atoms with Gasteiger partial charge in [-0.05, 0) is 66.1 Å². The molecule has 34 heavy (non-hydrogen) atoms. The molecule has 2 N–H and O–H groups in total. The minimum atomic E-state index is -0.975. The van der Waals surface area contributed by atoms with Gasteiger partial charge in [-0.15, -0.1) is 0 Å². The molecule has 8 heteroatoms. The number of phenolic OH excluding ortho intramolecular Hbond substituents is 1. The van der Waals surface area contributed by atoms with Crippen LogP contribution in [0.1, 0.15) is 29.7 Å². The summed E-state index contributed by atoms with van der Waals surface area (Å²) >= 11 is 1.28. The maximum Gasteiger partial charge on any atom is 0.301 e. The number of rotatable bonds is 4. The predicted molar refractivity (Wildman–Crippen MR) is 128 cm³/mol. The number of aromatic hydroxyl groups is 1. The molecule has 6 nitrogen and oxygen atoms in total. The number of halogens is 1. The van der Waals surface area contributed by atoms with Crippen LogP contribution in [0.15, 0.2) is 72.3 Å². The van der Waals surface area contributed by atoms with Gasteiger partial charge in [0.05, 0.1) is 21.8 Å². The fourth-order valence-corrected chi connectivity index (χ4v) is 5.10. The number of hydrogen-bond acceptors (Lipinski definition) is 6. The van der Waals surface area contributed by atoms with Crippen LogP contribution in [-0.2, 0) is 16.0 Å². The van der Waals surface area contributed by atoms with Crippen molar-refractivity contribution in [3.05, 3.63) is 94.8 Å². The van der Waals surface area contributed by atoms with Gasteiger partial charge in [0.1, 0.15) is 17.3 Å². The van der Waals surface area contributed by atoms with E-state index in [0.717, 1.165) is 16.7 Å². The minimum absolute atomic E-state index is 0.0197. The van der Waals surface area contributed by atoms with Gasteiger partial charge < -0.3 is 10.2 Å². The maximum atomic E-state index is 13.4. The van der Waals surface area contributed by atoms with Crippen LogP contribution in [0.25, 0.3) is 16.0 Å². The van der Waals surface area contributed by atoms with Gasteiger partial charge in [-0.2, -0.15) is 0 Å². The Morgan fingerprint density at radius 2 is 1.76 bits per heavy atom. The molecule has 1 amide bonds. The number of thiazole rings is 1. The highest BCUT2D eigenvalue weighted by atomic mass is 32.1. The van der Waals surface area contributed by atoms with Crippen LogP contribution in [0.5, 0.6) is 5.75 Å². The number of aryl methyl sites for hydroxylation is 1. The van der Waals surface area contributed by atoms with Gasteiger partial charge in [0, 0.05) is 5.56 Å². The number of amides is 1.